The molecule has 0 aliphatic carbocycles. The summed E-state index contributed by atoms with van der Waals surface area (Å²) >= 11 is 9.17. The molecule has 20 heavy (non-hydrogen) atoms. The topological polar surface area (TPSA) is 21.3 Å². The van der Waals surface area contributed by atoms with E-state index in [2.05, 4.69) is 21.2 Å². The second kappa shape index (κ2) is 6.57. The molecule has 0 fully saturated rings. The molecule has 0 aliphatic heterocycles. The van der Waals surface area contributed by atoms with Crippen LogP contribution >= 0.6 is 27.5 Å². The summed E-state index contributed by atoms with van der Waals surface area (Å²) in [6.07, 6.45) is 0. The summed E-state index contributed by atoms with van der Waals surface area (Å²) in [7, 11) is 3.35. The molecule has 0 radical (unpaired) electrons. The first kappa shape index (κ1) is 15.3. The molecule has 1 unspecified atom stereocenters. The van der Waals surface area contributed by atoms with Crippen molar-refractivity contribution in [3.05, 3.63) is 62.8 Å². The Hall–Kier alpha value is -1.10. The van der Waals surface area contributed by atoms with Gasteiger partial charge in [-0.3, -0.25) is 0 Å². The van der Waals surface area contributed by atoms with Gasteiger partial charge in [0.1, 0.15) is 11.6 Å². The summed E-state index contributed by atoms with van der Waals surface area (Å²) in [5.74, 6) is 0.333. The highest BCUT2D eigenvalue weighted by Crippen LogP contribution is 2.34. The average Bonchev–Trinajstić information content (AvgIpc) is 2.45. The Kier molecular flexibility index (Phi) is 5.02. The molecule has 0 aliphatic rings. The van der Waals surface area contributed by atoms with E-state index in [1.54, 1.807) is 44.5 Å². The van der Waals surface area contributed by atoms with E-state index in [4.69, 9.17) is 16.3 Å². The fourth-order valence-corrected chi connectivity index (χ4v) is 2.69. The number of ether oxygens (including phenoxy) is 1. The summed E-state index contributed by atoms with van der Waals surface area (Å²) in [6, 6.07) is 10.2. The first-order chi connectivity index (χ1) is 9.58. The minimum atomic E-state index is -0.320. The first-order valence-electron chi connectivity index (χ1n) is 6.03. The lowest BCUT2D eigenvalue weighted by molar-refractivity contribution is 0.404. The highest BCUT2D eigenvalue weighted by molar-refractivity contribution is 9.10. The molecule has 106 valence electrons. The summed E-state index contributed by atoms with van der Waals surface area (Å²) < 4.78 is 20.1. The molecule has 0 amide bonds. The van der Waals surface area contributed by atoms with E-state index < -0.39 is 0 Å². The normalized spacial score (nSPS) is 12.2. The Balaban J connectivity index is 2.55. The molecule has 2 aromatic carbocycles. The molecule has 5 heteroatoms. The van der Waals surface area contributed by atoms with Gasteiger partial charge in [-0.2, -0.15) is 0 Å². The Morgan fingerprint density at radius 1 is 1.25 bits per heavy atom. The van der Waals surface area contributed by atoms with Crippen LogP contribution in [-0.4, -0.2) is 14.2 Å². The van der Waals surface area contributed by atoms with Crippen molar-refractivity contribution in [2.75, 3.05) is 14.2 Å². The van der Waals surface area contributed by atoms with E-state index in [1.807, 2.05) is 6.07 Å². The van der Waals surface area contributed by atoms with E-state index in [0.29, 0.717) is 20.8 Å². The SMILES string of the molecule is CNC(c1ccc(Cl)cc1OC)c1cccc(Br)c1F. The number of rotatable bonds is 4. The molecule has 1 atom stereocenters. The van der Waals surface area contributed by atoms with Crippen molar-refractivity contribution in [3.8, 4) is 5.75 Å². The van der Waals surface area contributed by atoms with Gasteiger partial charge in [0, 0.05) is 16.1 Å². The molecular weight excluding hydrogens is 345 g/mol. The summed E-state index contributed by atoms with van der Waals surface area (Å²) in [5.41, 5.74) is 1.37. The molecule has 2 rings (SSSR count). The van der Waals surface area contributed by atoms with Gasteiger partial charge in [0.15, 0.2) is 0 Å². The Morgan fingerprint density at radius 2 is 2.00 bits per heavy atom. The van der Waals surface area contributed by atoms with Gasteiger partial charge in [0.2, 0.25) is 0 Å². The van der Waals surface area contributed by atoms with E-state index in [0.717, 1.165) is 5.56 Å². The molecule has 0 bridgehead atoms. The fraction of sp³-hybridized carbons (Fsp3) is 0.200. The molecule has 0 aromatic heterocycles. The van der Waals surface area contributed by atoms with Gasteiger partial charge in [-0.25, -0.2) is 4.39 Å². The molecule has 0 spiro atoms. The molecule has 1 N–H and O–H groups in total. The van der Waals surface area contributed by atoms with Gasteiger partial charge in [-0.15, -0.1) is 0 Å². The second-order valence-corrected chi connectivity index (χ2v) is 5.54. The van der Waals surface area contributed by atoms with Crippen molar-refractivity contribution in [2.24, 2.45) is 0 Å². The van der Waals surface area contributed by atoms with Crippen molar-refractivity contribution >= 4 is 27.5 Å². The highest BCUT2D eigenvalue weighted by Gasteiger charge is 2.21. The number of hydrogen-bond donors (Lipinski definition) is 1. The number of methoxy groups -OCH3 is 1. The van der Waals surface area contributed by atoms with Crippen LogP contribution in [0.5, 0.6) is 5.75 Å². The smallest absolute Gasteiger partial charge is 0.142 e. The standard InChI is InChI=1S/C15H14BrClFNO/c1-19-15(11-4-3-5-12(16)14(11)18)10-7-6-9(17)8-13(10)20-2/h3-8,15,19H,1-2H3. The molecule has 2 aromatic rings. The Labute approximate surface area is 131 Å². The quantitative estimate of drug-likeness (QED) is 0.865. The third kappa shape index (κ3) is 2.97. The van der Waals surface area contributed by atoms with Crippen LogP contribution in [-0.2, 0) is 0 Å². The second-order valence-electron chi connectivity index (χ2n) is 4.25. The summed E-state index contributed by atoms with van der Waals surface area (Å²) in [6.45, 7) is 0. The lowest BCUT2D eigenvalue weighted by Crippen LogP contribution is -2.19. The van der Waals surface area contributed by atoms with Crippen molar-refractivity contribution < 1.29 is 9.13 Å². The lowest BCUT2D eigenvalue weighted by atomic mass is 9.97. The van der Waals surface area contributed by atoms with Crippen LogP contribution in [0, 0.1) is 5.82 Å². The van der Waals surface area contributed by atoms with E-state index in [9.17, 15) is 4.39 Å². The lowest BCUT2D eigenvalue weighted by Gasteiger charge is -2.21. The minimum absolute atomic E-state index is 0.288. The molecule has 0 saturated carbocycles. The number of nitrogens with one attached hydrogen (secondary N) is 1. The number of benzene rings is 2. The van der Waals surface area contributed by atoms with E-state index in [1.165, 1.54) is 0 Å². The van der Waals surface area contributed by atoms with Crippen LogP contribution in [0.4, 0.5) is 4.39 Å². The maximum atomic E-state index is 14.3. The predicted octanol–water partition coefficient (Wildman–Crippen LogP) is 4.56. The van der Waals surface area contributed by atoms with Crippen LogP contribution in [0.3, 0.4) is 0 Å². The number of halogens is 3. The Bertz CT molecular complexity index is 621. The first-order valence-corrected chi connectivity index (χ1v) is 7.20. The van der Waals surface area contributed by atoms with Crippen LogP contribution in [0.1, 0.15) is 17.2 Å². The van der Waals surface area contributed by atoms with Gasteiger partial charge in [0.05, 0.1) is 17.6 Å². The van der Waals surface area contributed by atoms with E-state index >= 15 is 0 Å². The zero-order valence-electron chi connectivity index (χ0n) is 11.1. The Morgan fingerprint density at radius 3 is 2.65 bits per heavy atom. The maximum absolute atomic E-state index is 14.3. The monoisotopic (exact) mass is 357 g/mol. The number of hydrogen-bond acceptors (Lipinski definition) is 2. The summed E-state index contributed by atoms with van der Waals surface area (Å²) in [5, 5.41) is 3.69. The van der Waals surface area contributed by atoms with Crippen LogP contribution in [0.2, 0.25) is 5.02 Å². The maximum Gasteiger partial charge on any atom is 0.142 e. The average molecular weight is 359 g/mol. The third-order valence-corrected chi connectivity index (χ3v) is 3.94. The molecular formula is C15H14BrClFNO. The zero-order chi connectivity index (χ0) is 14.7. The zero-order valence-corrected chi connectivity index (χ0v) is 13.4. The van der Waals surface area contributed by atoms with Gasteiger partial charge in [-0.1, -0.05) is 29.8 Å². The van der Waals surface area contributed by atoms with Crippen LogP contribution < -0.4 is 10.1 Å². The highest BCUT2D eigenvalue weighted by atomic mass is 79.9. The van der Waals surface area contributed by atoms with Gasteiger partial charge >= 0.3 is 0 Å². The fourth-order valence-electron chi connectivity index (χ4n) is 2.15. The largest absolute Gasteiger partial charge is 0.496 e. The third-order valence-electron chi connectivity index (χ3n) is 3.09. The van der Waals surface area contributed by atoms with Crippen LogP contribution in [0.25, 0.3) is 0 Å². The molecule has 0 heterocycles. The van der Waals surface area contributed by atoms with Crippen molar-refractivity contribution in [3.63, 3.8) is 0 Å². The van der Waals surface area contributed by atoms with E-state index in [-0.39, 0.29) is 11.9 Å². The van der Waals surface area contributed by atoms with Crippen LogP contribution in [0.15, 0.2) is 40.9 Å². The summed E-state index contributed by atoms with van der Waals surface area (Å²) in [4.78, 5) is 0. The van der Waals surface area contributed by atoms with Gasteiger partial charge in [-0.05, 0) is 41.2 Å². The molecule has 0 saturated heterocycles. The van der Waals surface area contributed by atoms with Crippen molar-refractivity contribution in [1.82, 2.24) is 5.32 Å². The van der Waals surface area contributed by atoms with Gasteiger partial charge < -0.3 is 10.1 Å². The predicted molar refractivity (Wildman–Crippen MR) is 83.0 cm³/mol. The van der Waals surface area contributed by atoms with Gasteiger partial charge in [0.25, 0.3) is 0 Å². The minimum Gasteiger partial charge on any atom is -0.496 e. The van der Waals surface area contributed by atoms with Crippen molar-refractivity contribution in [2.45, 2.75) is 6.04 Å². The van der Waals surface area contributed by atoms with Crippen molar-refractivity contribution in [1.29, 1.82) is 0 Å². The molecule has 2 nitrogen and oxygen atoms in total.